The van der Waals surface area contributed by atoms with E-state index >= 15 is 0 Å². The molecule has 1 amide bonds. The normalized spacial score (nSPS) is 18.7. The Kier molecular flexibility index (Phi) is 4.80. The molecule has 24 heavy (non-hydrogen) atoms. The maximum Gasteiger partial charge on any atom is 0.263 e. The summed E-state index contributed by atoms with van der Waals surface area (Å²) in [5, 5.41) is 8.94. The van der Waals surface area contributed by atoms with Crippen molar-refractivity contribution in [2.45, 2.75) is 31.9 Å². The molecule has 1 aromatic carbocycles. The number of hydrogen-bond donors (Lipinski definition) is 0. The molecule has 6 nitrogen and oxygen atoms in total. The third kappa shape index (κ3) is 3.57. The molecule has 0 saturated carbocycles. The summed E-state index contributed by atoms with van der Waals surface area (Å²) in [7, 11) is 0. The van der Waals surface area contributed by atoms with Gasteiger partial charge in [-0.25, -0.2) is 4.98 Å². The highest BCUT2D eigenvalue weighted by molar-refractivity contribution is 5.81. The zero-order valence-electron chi connectivity index (χ0n) is 13.6. The second-order valence-electron chi connectivity index (χ2n) is 5.99. The van der Waals surface area contributed by atoms with Crippen LogP contribution in [0.25, 0.3) is 0 Å². The lowest BCUT2D eigenvalue weighted by Gasteiger charge is -2.34. The number of amides is 1. The number of ether oxygens (including phenoxy) is 1. The van der Waals surface area contributed by atoms with Gasteiger partial charge in [0.05, 0.1) is 24.0 Å². The molecule has 0 radical (unpaired) electrons. The molecule has 1 aliphatic rings. The fourth-order valence-electron chi connectivity index (χ4n) is 3.03. The van der Waals surface area contributed by atoms with Crippen molar-refractivity contribution in [3.05, 3.63) is 48.5 Å². The van der Waals surface area contributed by atoms with E-state index in [1.54, 1.807) is 43.7 Å². The van der Waals surface area contributed by atoms with Crippen molar-refractivity contribution in [3.8, 4) is 11.8 Å². The fraction of sp³-hybridized carbons (Fsp3) is 0.389. The number of benzene rings is 1. The predicted octanol–water partition coefficient (Wildman–Crippen LogP) is 2.39. The van der Waals surface area contributed by atoms with Crippen LogP contribution in [0.4, 0.5) is 0 Å². The van der Waals surface area contributed by atoms with Crippen molar-refractivity contribution >= 4 is 5.91 Å². The van der Waals surface area contributed by atoms with Crippen molar-refractivity contribution < 1.29 is 9.53 Å². The molecular formula is C18H20N4O2. The Morgan fingerprint density at radius 1 is 1.50 bits per heavy atom. The first-order valence-corrected chi connectivity index (χ1v) is 8.10. The second-order valence-corrected chi connectivity index (χ2v) is 5.99. The van der Waals surface area contributed by atoms with Crippen molar-refractivity contribution in [2.24, 2.45) is 0 Å². The van der Waals surface area contributed by atoms with Crippen LogP contribution in [0.1, 0.15) is 31.4 Å². The standard InChI is InChI=1S/C18H20N4O2/c1-14(24-17-6-2-4-15(10-17)11-19)18(23)21-8-3-5-16(12-21)22-9-7-20-13-22/h2,4,6-7,9-10,13-14,16H,3,5,8,12H2,1H3/t14-,16+/m1/s1. The van der Waals surface area contributed by atoms with Crippen molar-refractivity contribution in [1.29, 1.82) is 5.26 Å². The minimum Gasteiger partial charge on any atom is -0.481 e. The summed E-state index contributed by atoms with van der Waals surface area (Å²) in [6.45, 7) is 3.17. The third-order valence-corrected chi connectivity index (χ3v) is 4.28. The van der Waals surface area contributed by atoms with Crippen LogP contribution in [0.3, 0.4) is 0 Å². The van der Waals surface area contributed by atoms with E-state index in [2.05, 4.69) is 15.6 Å². The van der Waals surface area contributed by atoms with E-state index in [0.717, 1.165) is 19.4 Å². The van der Waals surface area contributed by atoms with Gasteiger partial charge in [0.25, 0.3) is 5.91 Å². The van der Waals surface area contributed by atoms with Gasteiger partial charge in [-0.3, -0.25) is 4.79 Å². The molecule has 2 heterocycles. The molecule has 0 unspecified atom stereocenters. The predicted molar refractivity (Wildman–Crippen MR) is 88.3 cm³/mol. The smallest absolute Gasteiger partial charge is 0.263 e. The van der Waals surface area contributed by atoms with Gasteiger partial charge in [-0.15, -0.1) is 0 Å². The van der Waals surface area contributed by atoms with Crippen LogP contribution < -0.4 is 4.74 Å². The largest absolute Gasteiger partial charge is 0.481 e. The molecule has 6 heteroatoms. The van der Waals surface area contributed by atoms with Gasteiger partial charge in [0.2, 0.25) is 0 Å². The summed E-state index contributed by atoms with van der Waals surface area (Å²) in [5.41, 5.74) is 0.519. The summed E-state index contributed by atoms with van der Waals surface area (Å²) < 4.78 is 7.79. The SMILES string of the molecule is C[C@@H](Oc1cccc(C#N)c1)C(=O)N1CCC[C@H](n2ccnc2)C1. The van der Waals surface area contributed by atoms with Crippen LogP contribution in [0, 0.1) is 11.3 Å². The van der Waals surface area contributed by atoms with Gasteiger partial charge in [-0.1, -0.05) is 6.07 Å². The highest BCUT2D eigenvalue weighted by Crippen LogP contribution is 2.22. The molecule has 2 atom stereocenters. The molecule has 0 spiro atoms. The Morgan fingerprint density at radius 2 is 2.38 bits per heavy atom. The van der Waals surface area contributed by atoms with Gasteiger partial charge in [0.1, 0.15) is 5.75 Å². The van der Waals surface area contributed by atoms with E-state index in [1.165, 1.54) is 0 Å². The van der Waals surface area contributed by atoms with Crippen molar-refractivity contribution in [3.63, 3.8) is 0 Å². The first kappa shape index (κ1) is 16.1. The molecule has 1 aromatic heterocycles. The highest BCUT2D eigenvalue weighted by atomic mass is 16.5. The molecule has 0 aliphatic carbocycles. The number of aromatic nitrogens is 2. The van der Waals surface area contributed by atoms with E-state index in [-0.39, 0.29) is 11.9 Å². The Labute approximate surface area is 141 Å². The summed E-state index contributed by atoms with van der Waals surface area (Å²) in [6, 6.07) is 9.20. The van der Waals surface area contributed by atoms with Crippen LogP contribution in [-0.2, 0) is 4.79 Å². The molecule has 1 aliphatic heterocycles. The molecule has 1 fully saturated rings. The van der Waals surface area contributed by atoms with E-state index < -0.39 is 6.10 Å². The van der Waals surface area contributed by atoms with Gasteiger partial charge in [0, 0.05) is 25.5 Å². The molecule has 3 rings (SSSR count). The fourth-order valence-corrected chi connectivity index (χ4v) is 3.03. The number of carbonyl (C=O) groups excluding carboxylic acids is 1. The monoisotopic (exact) mass is 324 g/mol. The second kappa shape index (κ2) is 7.18. The van der Waals surface area contributed by atoms with E-state index in [4.69, 9.17) is 10.00 Å². The van der Waals surface area contributed by atoms with Gasteiger partial charge < -0.3 is 14.2 Å². The van der Waals surface area contributed by atoms with Gasteiger partial charge in [-0.05, 0) is 38.0 Å². The van der Waals surface area contributed by atoms with Gasteiger partial charge in [0.15, 0.2) is 6.10 Å². The number of rotatable bonds is 4. The minimum absolute atomic E-state index is 0.0258. The number of likely N-dealkylation sites (tertiary alicyclic amines) is 1. The molecule has 2 aromatic rings. The van der Waals surface area contributed by atoms with E-state index in [1.807, 2.05) is 11.1 Å². The Hall–Kier alpha value is -2.81. The van der Waals surface area contributed by atoms with E-state index in [0.29, 0.717) is 17.9 Å². The summed E-state index contributed by atoms with van der Waals surface area (Å²) >= 11 is 0. The van der Waals surface area contributed by atoms with Crippen LogP contribution >= 0.6 is 0 Å². The van der Waals surface area contributed by atoms with Crippen molar-refractivity contribution in [1.82, 2.24) is 14.5 Å². The maximum atomic E-state index is 12.7. The minimum atomic E-state index is -0.583. The maximum absolute atomic E-state index is 12.7. The van der Waals surface area contributed by atoms with Gasteiger partial charge >= 0.3 is 0 Å². The average Bonchev–Trinajstić information content (AvgIpc) is 3.16. The van der Waals surface area contributed by atoms with Crippen molar-refractivity contribution in [2.75, 3.05) is 13.1 Å². The topological polar surface area (TPSA) is 71.2 Å². The Balaban J connectivity index is 1.63. The number of piperidine rings is 1. The number of nitrogens with zero attached hydrogens (tertiary/aromatic N) is 4. The zero-order chi connectivity index (χ0) is 16.9. The number of imidazole rings is 1. The van der Waals surface area contributed by atoms with Crippen LogP contribution in [-0.4, -0.2) is 39.6 Å². The summed E-state index contributed by atoms with van der Waals surface area (Å²) in [4.78, 5) is 18.6. The van der Waals surface area contributed by atoms with Crippen LogP contribution in [0.15, 0.2) is 43.0 Å². The zero-order valence-corrected chi connectivity index (χ0v) is 13.6. The van der Waals surface area contributed by atoms with Gasteiger partial charge in [-0.2, -0.15) is 5.26 Å². The molecule has 1 saturated heterocycles. The summed E-state index contributed by atoms with van der Waals surface area (Å²) in [6.07, 6.45) is 6.91. The quantitative estimate of drug-likeness (QED) is 0.866. The van der Waals surface area contributed by atoms with Crippen LogP contribution in [0.5, 0.6) is 5.75 Å². The molecular weight excluding hydrogens is 304 g/mol. The first-order chi connectivity index (χ1) is 11.7. The lowest BCUT2D eigenvalue weighted by molar-refractivity contribution is -0.139. The highest BCUT2D eigenvalue weighted by Gasteiger charge is 2.28. The molecule has 124 valence electrons. The summed E-state index contributed by atoms with van der Waals surface area (Å²) in [5.74, 6) is 0.514. The first-order valence-electron chi connectivity index (χ1n) is 8.10. The lowest BCUT2D eigenvalue weighted by Crippen LogP contribution is -2.46. The Morgan fingerprint density at radius 3 is 3.12 bits per heavy atom. The number of nitriles is 1. The van der Waals surface area contributed by atoms with Crippen LogP contribution in [0.2, 0.25) is 0 Å². The molecule has 0 N–H and O–H groups in total. The third-order valence-electron chi connectivity index (χ3n) is 4.28. The Bertz CT molecular complexity index is 736. The molecule has 0 bridgehead atoms. The number of hydrogen-bond acceptors (Lipinski definition) is 4. The number of carbonyl (C=O) groups is 1. The average molecular weight is 324 g/mol. The van der Waals surface area contributed by atoms with E-state index in [9.17, 15) is 4.79 Å². The lowest BCUT2D eigenvalue weighted by atomic mass is 10.0.